The van der Waals surface area contributed by atoms with Crippen molar-refractivity contribution in [3.8, 4) is 5.75 Å². The molecule has 1 atom stereocenters. The zero-order valence-electron chi connectivity index (χ0n) is 13.9. The number of amides is 1. The number of rotatable bonds is 7. The number of hydrogen-bond acceptors (Lipinski definition) is 4. The summed E-state index contributed by atoms with van der Waals surface area (Å²) in [5.74, 6) is 0.819. The lowest BCUT2D eigenvalue weighted by atomic mass is 10.0. The largest absolute Gasteiger partial charge is 0.495 e. The van der Waals surface area contributed by atoms with E-state index in [2.05, 4.69) is 19.2 Å². The maximum absolute atomic E-state index is 12.7. The van der Waals surface area contributed by atoms with Crippen LogP contribution in [0.25, 0.3) is 0 Å². The van der Waals surface area contributed by atoms with E-state index in [1.54, 1.807) is 12.0 Å². The number of nitrogens with zero attached hydrogens (tertiary/aromatic N) is 1. The lowest BCUT2D eigenvalue weighted by molar-refractivity contribution is -0.119. The monoisotopic (exact) mass is 306 g/mol. The molecule has 1 heterocycles. The number of nitrogens with one attached hydrogen (secondary N) is 1. The molecule has 1 fully saturated rings. The second kappa shape index (κ2) is 7.11. The molecular formula is C17H26N2O3. The van der Waals surface area contributed by atoms with Crippen molar-refractivity contribution >= 4 is 11.6 Å². The molecule has 1 unspecified atom stereocenters. The normalized spacial score (nSPS) is 18.8. The van der Waals surface area contributed by atoms with E-state index in [4.69, 9.17) is 9.47 Å². The Morgan fingerprint density at radius 1 is 1.36 bits per heavy atom. The van der Waals surface area contributed by atoms with Crippen LogP contribution < -0.4 is 15.0 Å². The van der Waals surface area contributed by atoms with Gasteiger partial charge >= 0.3 is 0 Å². The van der Waals surface area contributed by atoms with E-state index in [0.717, 1.165) is 17.9 Å². The molecule has 5 heteroatoms. The average molecular weight is 306 g/mol. The Kier molecular flexibility index (Phi) is 5.42. The van der Waals surface area contributed by atoms with Gasteiger partial charge in [0, 0.05) is 18.7 Å². The number of carbonyl (C=O) groups excluding carboxylic acids is 1. The molecule has 0 aromatic heterocycles. The molecule has 122 valence electrons. The standard InChI is InChI=1S/C17H26N2O3/c1-5-22-12-17(2,3)18-13-10-11-19(16(13)20)14-8-6-7-9-15(14)21-4/h6-9,13,18H,5,10-12H2,1-4H3. The number of ether oxygens (including phenoxy) is 2. The van der Waals surface area contributed by atoms with Gasteiger partial charge in [0.15, 0.2) is 0 Å². The predicted octanol–water partition coefficient (Wildman–Crippen LogP) is 2.21. The van der Waals surface area contributed by atoms with Gasteiger partial charge in [0.1, 0.15) is 5.75 Å². The summed E-state index contributed by atoms with van der Waals surface area (Å²) in [5, 5.41) is 3.42. The van der Waals surface area contributed by atoms with Gasteiger partial charge in [-0.15, -0.1) is 0 Å². The fourth-order valence-corrected chi connectivity index (χ4v) is 2.78. The van der Waals surface area contributed by atoms with Crippen LogP contribution in [-0.2, 0) is 9.53 Å². The third-order valence-corrected chi connectivity index (χ3v) is 3.81. The molecule has 0 radical (unpaired) electrons. The third kappa shape index (κ3) is 3.78. The first-order chi connectivity index (χ1) is 10.5. The first kappa shape index (κ1) is 16.8. The molecule has 1 aliphatic rings. The summed E-state index contributed by atoms with van der Waals surface area (Å²) in [6.45, 7) is 8.05. The van der Waals surface area contributed by atoms with E-state index in [0.29, 0.717) is 19.8 Å². The lowest BCUT2D eigenvalue weighted by Gasteiger charge is -2.29. The smallest absolute Gasteiger partial charge is 0.244 e. The number of anilines is 1. The summed E-state index contributed by atoms with van der Waals surface area (Å²) in [5.41, 5.74) is 0.606. The van der Waals surface area contributed by atoms with E-state index < -0.39 is 0 Å². The van der Waals surface area contributed by atoms with Gasteiger partial charge in [-0.1, -0.05) is 12.1 Å². The van der Waals surface area contributed by atoms with Crippen LogP contribution in [0, 0.1) is 0 Å². The van der Waals surface area contributed by atoms with Gasteiger partial charge in [0.25, 0.3) is 0 Å². The van der Waals surface area contributed by atoms with Crippen LogP contribution in [0.3, 0.4) is 0 Å². The van der Waals surface area contributed by atoms with Crippen molar-refractivity contribution in [3.05, 3.63) is 24.3 Å². The van der Waals surface area contributed by atoms with Crippen molar-refractivity contribution in [2.45, 2.75) is 38.8 Å². The molecule has 1 aromatic carbocycles. The Morgan fingerprint density at radius 3 is 2.77 bits per heavy atom. The second-order valence-corrected chi connectivity index (χ2v) is 6.17. The van der Waals surface area contributed by atoms with E-state index in [-0.39, 0.29) is 17.5 Å². The van der Waals surface area contributed by atoms with Crippen LogP contribution in [0.1, 0.15) is 27.2 Å². The van der Waals surface area contributed by atoms with E-state index in [1.807, 2.05) is 31.2 Å². The Bertz CT molecular complexity index is 516. The van der Waals surface area contributed by atoms with Crippen molar-refractivity contribution < 1.29 is 14.3 Å². The number of benzene rings is 1. The number of hydrogen-bond donors (Lipinski definition) is 1. The third-order valence-electron chi connectivity index (χ3n) is 3.81. The highest BCUT2D eigenvalue weighted by atomic mass is 16.5. The molecule has 1 saturated heterocycles. The molecular weight excluding hydrogens is 280 g/mol. The van der Waals surface area contributed by atoms with Crippen LogP contribution in [-0.4, -0.2) is 44.4 Å². The zero-order valence-corrected chi connectivity index (χ0v) is 13.9. The van der Waals surface area contributed by atoms with Gasteiger partial charge < -0.3 is 14.4 Å². The number of methoxy groups -OCH3 is 1. The fourth-order valence-electron chi connectivity index (χ4n) is 2.78. The van der Waals surface area contributed by atoms with Crippen molar-refractivity contribution in [2.24, 2.45) is 0 Å². The van der Waals surface area contributed by atoms with E-state index in [9.17, 15) is 4.79 Å². The Hall–Kier alpha value is -1.59. The Morgan fingerprint density at radius 2 is 2.09 bits per heavy atom. The minimum absolute atomic E-state index is 0.0917. The van der Waals surface area contributed by atoms with Gasteiger partial charge in [0.2, 0.25) is 5.91 Å². The SMILES string of the molecule is CCOCC(C)(C)NC1CCN(c2ccccc2OC)C1=O. The quantitative estimate of drug-likeness (QED) is 0.839. The fraction of sp³-hybridized carbons (Fsp3) is 0.588. The van der Waals surface area contributed by atoms with Crippen molar-refractivity contribution in [3.63, 3.8) is 0 Å². The maximum atomic E-state index is 12.7. The van der Waals surface area contributed by atoms with Gasteiger partial charge in [-0.05, 0) is 39.3 Å². The Balaban J connectivity index is 2.06. The number of para-hydroxylation sites is 2. The number of carbonyl (C=O) groups is 1. The van der Waals surface area contributed by atoms with Crippen LogP contribution >= 0.6 is 0 Å². The molecule has 0 aliphatic carbocycles. The predicted molar refractivity (Wildman–Crippen MR) is 87.5 cm³/mol. The van der Waals surface area contributed by atoms with Crippen LogP contribution in [0.4, 0.5) is 5.69 Å². The minimum atomic E-state index is -0.229. The van der Waals surface area contributed by atoms with Gasteiger partial charge in [-0.25, -0.2) is 0 Å². The molecule has 0 spiro atoms. The highest BCUT2D eigenvalue weighted by Gasteiger charge is 2.36. The molecule has 0 bridgehead atoms. The van der Waals surface area contributed by atoms with Crippen molar-refractivity contribution in [2.75, 3.05) is 31.8 Å². The summed E-state index contributed by atoms with van der Waals surface area (Å²) in [7, 11) is 1.63. The average Bonchev–Trinajstić information content (AvgIpc) is 2.85. The highest BCUT2D eigenvalue weighted by molar-refractivity contribution is 6.00. The molecule has 2 rings (SSSR count). The zero-order chi connectivity index (χ0) is 16.2. The van der Waals surface area contributed by atoms with Crippen LogP contribution in [0.5, 0.6) is 5.75 Å². The Labute approximate surface area is 132 Å². The minimum Gasteiger partial charge on any atom is -0.495 e. The van der Waals surface area contributed by atoms with Gasteiger partial charge in [0.05, 0.1) is 25.4 Å². The molecule has 22 heavy (non-hydrogen) atoms. The van der Waals surface area contributed by atoms with Crippen molar-refractivity contribution in [1.82, 2.24) is 5.32 Å². The first-order valence-corrected chi connectivity index (χ1v) is 7.78. The molecule has 1 aromatic rings. The summed E-state index contributed by atoms with van der Waals surface area (Å²) in [6.07, 6.45) is 0.784. The summed E-state index contributed by atoms with van der Waals surface area (Å²) in [6, 6.07) is 7.45. The van der Waals surface area contributed by atoms with Gasteiger partial charge in [-0.3, -0.25) is 10.1 Å². The maximum Gasteiger partial charge on any atom is 0.244 e. The summed E-state index contributed by atoms with van der Waals surface area (Å²) in [4.78, 5) is 14.5. The second-order valence-electron chi connectivity index (χ2n) is 6.17. The van der Waals surface area contributed by atoms with Crippen LogP contribution in [0.2, 0.25) is 0 Å². The molecule has 0 saturated carbocycles. The van der Waals surface area contributed by atoms with E-state index >= 15 is 0 Å². The lowest BCUT2D eigenvalue weighted by Crippen LogP contribution is -2.52. The topological polar surface area (TPSA) is 50.8 Å². The molecule has 1 N–H and O–H groups in total. The van der Waals surface area contributed by atoms with Gasteiger partial charge in [-0.2, -0.15) is 0 Å². The molecule has 1 aliphatic heterocycles. The van der Waals surface area contributed by atoms with Crippen molar-refractivity contribution in [1.29, 1.82) is 0 Å². The van der Waals surface area contributed by atoms with E-state index in [1.165, 1.54) is 0 Å². The van der Waals surface area contributed by atoms with Crippen LogP contribution in [0.15, 0.2) is 24.3 Å². The summed E-state index contributed by atoms with van der Waals surface area (Å²) < 4.78 is 10.8. The first-order valence-electron chi connectivity index (χ1n) is 7.78. The highest BCUT2D eigenvalue weighted by Crippen LogP contribution is 2.31. The molecule has 1 amide bonds. The molecule has 5 nitrogen and oxygen atoms in total. The summed E-state index contributed by atoms with van der Waals surface area (Å²) >= 11 is 0.